The molecule has 3 aromatic rings. The van der Waals surface area contributed by atoms with Gasteiger partial charge in [0.05, 0.1) is 29.3 Å². The molecule has 1 aliphatic heterocycles. The molecule has 0 spiro atoms. The molecule has 25 heavy (non-hydrogen) atoms. The number of fused-ring (bicyclic) bond motifs is 1. The second-order valence-electron chi connectivity index (χ2n) is 5.36. The van der Waals surface area contributed by atoms with Crippen LogP contribution in [-0.2, 0) is 17.9 Å². The Morgan fingerprint density at radius 3 is 3.12 bits per heavy atom. The summed E-state index contributed by atoms with van der Waals surface area (Å²) in [6, 6.07) is 6.47. The molecule has 4 rings (SSSR count). The van der Waals surface area contributed by atoms with Crippen molar-refractivity contribution in [3.8, 4) is 15.6 Å². The molecule has 128 valence electrons. The van der Waals surface area contributed by atoms with Gasteiger partial charge in [0, 0.05) is 10.9 Å². The minimum atomic E-state index is -0.494. The lowest BCUT2D eigenvalue weighted by Crippen LogP contribution is -2.25. The molecule has 5 nitrogen and oxygen atoms in total. The number of carbonyl (C=O) groups is 1. The third kappa shape index (κ3) is 3.41. The summed E-state index contributed by atoms with van der Waals surface area (Å²) in [5.41, 5.74) is 1.47. The van der Waals surface area contributed by atoms with Crippen LogP contribution in [0.3, 0.4) is 0 Å². The zero-order valence-corrected chi connectivity index (χ0v) is 14.6. The quantitative estimate of drug-likeness (QED) is 0.752. The third-order valence-corrected chi connectivity index (χ3v) is 5.56. The van der Waals surface area contributed by atoms with E-state index in [-0.39, 0.29) is 25.5 Å². The maximum Gasteiger partial charge on any atom is 0.255 e. The van der Waals surface area contributed by atoms with Gasteiger partial charge in [0.15, 0.2) is 6.79 Å². The molecule has 0 saturated carbocycles. The lowest BCUT2D eigenvalue weighted by Gasteiger charge is -2.20. The van der Waals surface area contributed by atoms with Crippen LogP contribution in [0.1, 0.15) is 21.6 Å². The number of benzene rings is 1. The summed E-state index contributed by atoms with van der Waals surface area (Å²) in [5, 5.41) is 7.59. The predicted octanol–water partition coefficient (Wildman–Crippen LogP) is 3.81. The zero-order chi connectivity index (χ0) is 17.2. The van der Waals surface area contributed by atoms with E-state index in [9.17, 15) is 9.18 Å². The van der Waals surface area contributed by atoms with Gasteiger partial charge in [-0.15, -0.1) is 22.7 Å². The van der Waals surface area contributed by atoms with Crippen LogP contribution in [0, 0.1) is 5.82 Å². The summed E-state index contributed by atoms with van der Waals surface area (Å²) >= 11 is 3.15. The molecule has 1 amide bonds. The van der Waals surface area contributed by atoms with E-state index < -0.39 is 11.7 Å². The van der Waals surface area contributed by atoms with Crippen LogP contribution < -0.4 is 10.1 Å². The van der Waals surface area contributed by atoms with Gasteiger partial charge in [-0.3, -0.25) is 4.79 Å². The van der Waals surface area contributed by atoms with Gasteiger partial charge in [-0.05, 0) is 23.6 Å². The fraction of sp³-hybridized carbons (Fsp3) is 0.176. The average molecular weight is 376 g/mol. The molecule has 0 bridgehead atoms. The Labute approximate surface area is 151 Å². The number of aromatic nitrogens is 1. The number of hydrogen-bond acceptors (Lipinski definition) is 6. The van der Waals surface area contributed by atoms with E-state index in [1.807, 2.05) is 22.9 Å². The van der Waals surface area contributed by atoms with E-state index >= 15 is 0 Å². The van der Waals surface area contributed by atoms with Crippen LogP contribution in [0.4, 0.5) is 4.39 Å². The van der Waals surface area contributed by atoms with Gasteiger partial charge in [0.25, 0.3) is 5.91 Å². The van der Waals surface area contributed by atoms with Crippen LogP contribution in [0.5, 0.6) is 5.75 Å². The number of thiazole rings is 1. The van der Waals surface area contributed by atoms with Gasteiger partial charge in [0.1, 0.15) is 16.6 Å². The molecule has 2 aromatic heterocycles. The molecular weight excluding hydrogens is 363 g/mol. The van der Waals surface area contributed by atoms with Gasteiger partial charge in [0.2, 0.25) is 0 Å². The maximum absolute atomic E-state index is 13.7. The molecule has 3 heterocycles. The van der Waals surface area contributed by atoms with Gasteiger partial charge in [-0.1, -0.05) is 6.07 Å². The van der Waals surface area contributed by atoms with Crippen LogP contribution in [0.2, 0.25) is 0 Å². The normalized spacial score (nSPS) is 13.2. The Balaban J connectivity index is 1.49. The minimum absolute atomic E-state index is 0.0508. The highest BCUT2D eigenvalue weighted by molar-refractivity contribution is 7.20. The van der Waals surface area contributed by atoms with Crippen molar-refractivity contribution in [1.29, 1.82) is 0 Å². The molecule has 0 atom stereocenters. The number of nitrogens with zero attached hydrogens (tertiary/aromatic N) is 1. The number of thiophene rings is 1. The summed E-state index contributed by atoms with van der Waals surface area (Å²) in [6.07, 6.45) is 0. The molecule has 0 saturated heterocycles. The Morgan fingerprint density at radius 1 is 1.36 bits per heavy atom. The van der Waals surface area contributed by atoms with Gasteiger partial charge < -0.3 is 14.8 Å². The topological polar surface area (TPSA) is 60.5 Å². The first-order valence-corrected chi connectivity index (χ1v) is 9.26. The van der Waals surface area contributed by atoms with Crippen LogP contribution >= 0.6 is 22.7 Å². The number of rotatable bonds is 4. The van der Waals surface area contributed by atoms with E-state index in [0.717, 1.165) is 15.6 Å². The SMILES string of the molecule is O=C(NCc1csc(-c2cccs2)n1)c1cc(F)cc2c1OCOC2. The molecular formula is C17H13FN2O3S2. The largest absolute Gasteiger partial charge is 0.466 e. The van der Waals surface area contributed by atoms with E-state index in [1.165, 1.54) is 23.5 Å². The standard InChI is InChI=1S/C17H13FN2O3S2/c18-11-4-10-7-22-9-23-15(10)13(5-11)16(21)19-6-12-8-25-17(20-12)14-2-1-3-24-14/h1-5,8H,6-7,9H2,(H,19,21). The smallest absolute Gasteiger partial charge is 0.255 e. The molecule has 0 unspecified atom stereocenters. The zero-order valence-electron chi connectivity index (χ0n) is 13.0. The van der Waals surface area contributed by atoms with Crippen molar-refractivity contribution in [2.24, 2.45) is 0 Å². The second-order valence-corrected chi connectivity index (χ2v) is 7.16. The number of ether oxygens (including phenoxy) is 2. The second kappa shape index (κ2) is 6.91. The van der Waals surface area contributed by atoms with Crippen molar-refractivity contribution in [3.05, 3.63) is 57.7 Å². The highest BCUT2D eigenvalue weighted by atomic mass is 32.1. The van der Waals surface area contributed by atoms with Crippen molar-refractivity contribution in [2.45, 2.75) is 13.2 Å². The number of amides is 1. The summed E-state index contributed by atoms with van der Waals surface area (Å²) in [6.45, 7) is 0.543. The van der Waals surface area contributed by atoms with Crippen LogP contribution in [0.15, 0.2) is 35.0 Å². The van der Waals surface area contributed by atoms with Crippen molar-refractivity contribution >= 4 is 28.6 Å². The Bertz CT molecular complexity index is 909. The van der Waals surface area contributed by atoms with Crippen molar-refractivity contribution in [1.82, 2.24) is 10.3 Å². The number of nitrogens with one attached hydrogen (secondary N) is 1. The van der Waals surface area contributed by atoms with Crippen molar-refractivity contribution < 1.29 is 18.7 Å². The Hall–Kier alpha value is -2.29. The van der Waals surface area contributed by atoms with E-state index in [1.54, 1.807) is 11.3 Å². The van der Waals surface area contributed by atoms with Gasteiger partial charge in [-0.25, -0.2) is 9.37 Å². The fourth-order valence-electron chi connectivity index (χ4n) is 2.52. The van der Waals surface area contributed by atoms with Crippen molar-refractivity contribution in [2.75, 3.05) is 6.79 Å². The summed E-state index contributed by atoms with van der Waals surface area (Å²) in [7, 11) is 0. The monoisotopic (exact) mass is 376 g/mol. The predicted molar refractivity (Wildman–Crippen MR) is 93.3 cm³/mol. The first-order valence-electron chi connectivity index (χ1n) is 7.50. The van der Waals surface area contributed by atoms with Crippen molar-refractivity contribution in [3.63, 3.8) is 0 Å². The maximum atomic E-state index is 13.7. The van der Waals surface area contributed by atoms with E-state index in [0.29, 0.717) is 11.3 Å². The molecule has 0 fully saturated rings. The molecule has 1 N–H and O–H groups in total. The minimum Gasteiger partial charge on any atom is -0.466 e. The van der Waals surface area contributed by atoms with Crippen LogP contribution in [0.25, 0.3) is 9.88 Å². The Kier molecular flexibility index (Phi) is 4.48. The average Bonchev–Trinajstić information content (AvgIpc) is 3.30. The molecule has 1 aliphatic rings. The third-order valence-electron chi connectivity index (χ3n) is 3.63. The number of carbonyl (C=O) groups excluding carboxylic acids is 1. The first-order chi connectivity index (χ1) is 12.2. The highest BCUT2D eigenvalue weighted by Gasteiger charge is 2.21. The number of hydrogen-bond donors (Lipinski definition) is 1. The molecule has 0 radical (unpaired) electrons. The summed E-state index contributed by atoms with van der Waals surface area (Å²) < 4.78 is 24.2. The summed E-state index contributed by atoms with van der Waals surface area (Å²) in [4.78, 5) is 18.1. The van der Waals surface area contributed by atoms with E-state index in [2.05, 4.69) is 10.3 Å². The molecule has 0 aliphatic carbocycles. The number of halogens is 1. The lowest BCUT2D eigenvalue weighted by molar-refractivity contribution is -0.0170. The highest BCUT2D eigenvalue weighted by Crippen LogP contribution is 2.30. The first kappa shape index (κ1) is 16.2. The molecule has 8 heteroatoms. The van der Waals surface area contributed by atoms with Gasteiger partial charge in [-0.2, -0.15) is 0 Å². The Morgan fingerprint density at radius 2 is 2.28 bits per heavy atom. The fourth-order valence-corrected chi connectivity index (χ4v) is 4.15. The van der Waals surface area contributed by atoms with Crippen LogP contribution in [-0.4, -0.2) is 17.7 Å². The molecule has 1 aromatic carbocycles. The van der Waals surface area contributed by atoms with Gasteiger partial charge >= 0.3 is 0 Å². The summed E-state index contributed by atoms with van der Waals surface area (Å²) in [5.74, 6) is -0.516. The lowest BCUT2D eigenvalue weighted by atomic mass is 10.1. The van der Waals surface area contributed by atoms with E-state index in [4.69, 9.17) is 9.47 Å².